The number of hydrogen-bond acceptors (Lipinski definition) is 6. The number of hydrogen-bond donors (Lipinski definition) is 0. The third kappa shape index (κ3) is 2.38. The predicted molar refractivity (Wildman–Crippen MR) is 85.9 cm³/mol. The zero-order valence-corrected chi connectivity index (χ0v) is 13.8. The lowest BCUT2D eigenvalue weighted by molar-refractivity contribution is -0.119. The van der Waals surface area contributed by atoms with Gasteiger partial charge in [-0.3, -0.25) is 9.59 Å². The van der Waals surface area contributed by atoms with Gasteiger partial charge in [0, 0.05) is 12.8 Å². The van der Waals surface area contributed by atoms with Gasteiger partial charge in [0.1, 0.15) is 12.0 Å². The summed E-state index contributed by atoms with van der Waals surface area (Å²) in [6.07, 6.45) is 2.20. The molecule has 0 N–H and O–H groups in total. The van der Waals surface area contributed by atoms with E-state index in [4.69, 9.17) is 0 Å². The Kier molecular flexibility index (Phi) is 4.12. The van der Waals surface area contributed by atoms with Crippen LogP contribution in [0, 0.1) is 0 Å². The summed E-state index contributed by atoms with van der Waals surface area (Å²) in [6.45, 7) is 3.61. The van der Waals surface area contributed by atoms with Crippen molar-refractivity contribution < 1.29 is 9.59 Å². The van der Waals surface area contributed by atoms with Crippen LogP contribution >= 0.6 is 23.1 Å². The largest absolute Gasteiger partial charge is 0.294 e. The van der Waals surface area contributed by atoms with Crippen LogP contribution in [0.3, 0.4) is 0 Å². The van der Waals surface area contributed by atoms with Gasteiger partial charge in [-0.15, -0.1) is 21.5 Å². The highest BCUT2D eigenvalue weighted by molar-refractivity contribution is 8.04. The molecule has 2 aromatic rings. The van der Waals surface area contributed by atoms with Gasteiger partial charge >= 0.3 is 0 Å². The van der Waals surface area contributed by atoms with Gasteiger partial charge in [0.15, 0.2) is 5.78 Å². The Hall–Kier alpha value is -1.93. The van der Waals surface area contributed by atoms with Crippen molar-refractivity contribution in [1.29, 1.82) is 0 Å². The third-order valence-electron chi connectivity index (χ3n) is 3.20. The van der Waals surface area contributed by atoms with Crippen LogP contribution in [0.4, 0.5) is 0 Å². The van der Waals surface area contributed by atoms with Crippen LogP contribution in [-0.2, 0) is 9.59 Å². The van der Waals surface area contributed by atoms with Gasteiger partial charge in [-0.05, 0) is 23.2 Å². The minimum Gasteiger partial charge on any atom is -0.294 e. The average Bonchev–Trinajstić information content (AvgIpc) is 3.22. The second-order valence-corrected chi connectivity index (χ2v) is 6.48. The molecule has 1 aliphatic heterocycles. The molecule has 2 aromatic heterocycles. The molecule has 3 heterocycles. The number of carbonyl (C=O) groups excluding carboxylic acids is 2. The summed E-state index contributed by atoms with van der Waals surface area (Å²) in [4.78, 5) is 26.3. The predicted octanol–water partition coefficient (Wildman–Crippen LogP) is 2.67. The standard InChI is InChI=1S/C14H14N4O2S2/c1-3-9(19)13-12(10-6-5-7-21-10)18(11(20)4-2)17-8-15-16-14(17)22-13/h5-8H,3-4H2,1-2H3. The van der Waals surface area contributed by atoms with Crippen LogP contribution < -0.4 is 5.01 Å². The second-order valence-electron chi connectivity index (χ2n) is 4.55. The molecule has 3 rings (SSSR count). The van der Waals surface area contributed by atoms with Gasteiger partial charge in [0.2, 0.25) is 11.1 Å². The van der Waals surface area contributed by atoms with Crippen molar-refractivity contribution in [3.63, 3.8) is 0 Å². The molecule has 0 spiro atoms. The summed E-state index contributed by atoms with van der Waals surface area (Å²) in [7, 11) is 0. The number of rotatable bonds is 4. The summed E-state index contributed by atoms with van der Waals surface area (Å²) < 4.78 is 1.61. The molecular formula is C14H14N4O2S2. The molecule has 1 amide bonds. The highest BCUT2D eigenvalue weighted by Crippen LogP contribution is 2.40. The summed E-state index contributed by atoms with van der Waals surface area (Å²) in [6, 6.07) is 3.82. The first-order valence-corrected chi connectivity index (χ1v) is 8.59. The molecule has 114 valence electrons. The molecule has 0 aromatic carbocycles. The molecule has 0 saturated carbocycles. The number of carbonyl (C=O) groups is 2. The first-order valence-electron chi connectivity index (χ1n) is 6.89. The second kappa shape index (κ2) is 6.05. The topological polar surface area (TPSA) is 68.1 Å². The Morgan fingerprint density at radius 2 is 2.09 bits per heavy atom. The lowest BCUT2D eigenvalue weighted by atomic mass is 10.2. The maximum Gasteiger partial charge on any atom is 0.246 e. The molecule has 6 nitrogen and oxygen atoms in total. The minimum atomic E-state index is -0.105. The average molecular weight is 334 g/mol. The highest BCUT2D eigenvalue weighted by atomic mass is 32.2. The van der Waals surface area contributed by atoms with E-state index < -0.39 is 0 Å². The van der Waals surface area contributed by atoms with Gasteiger partial charge in [0.05, 0.1) is 9.78 Å². The summed E-state index contributed by atoms with van der Waals surface area (Å²) in [5, 5.41) is 11.8. The van der Waals surface area contributed by atoms with E-state index in [2.05, 4.69) is 10.2 Å². The smallest absolute Gasteiger partial charge is 0.246 e. The Balaban J connectivity index is 2.24. The van der Waals surface area contributed by atoms with Crippen molar-refractivity contribution in [1.82, 2.24) is 14.9 Å². The number of thioether (sulfide) groups is 1. The van der Waals surface area contributed by atoms with Crippen molar-refractivity contribution in [2.24, 2.45) is 0 Å². The summed E-state index contributed by atoms with van der Waals surface area (Å²) in [5.41, 5.74) is 0.631. The van der Waals surface area contributed by atoms with Gasteiger partial charge in [-0.1, -0.05) is 19.9 Å². The molecule has 0 aliphatic carbocycles. The van der Waals surface area contributed by atoms with E-state index >= 15 is 0 Å². The van der Waals surface area contributed by atoms with Crippen molar-refractivity contribution in [2.75, 3.05) is 5.01 Å². The molecule has 0 unspecified atom stereocenters. The minimum absolute atomic E-state index is 0.00319. The molecule has 8 heteroatoms. The molecule has 0 saturated heterocycles. The molecule has 0 fully saturated rings. The van der Waals surface area contributed by atoms with Gasteiger partial charge in [-0.2, -0.15) is 0 Å². The van der Waals surface area contributed by atoms with Crippen LogP contribution in [0.2, 0.25) is 0 Å². The molecule has 0 atom stereocenters. The zero-order valence-electron chi connectivity index (χ0n) is 12.1. The van der Waals surface area contributed by atoms with E-state index in [0.29, 0.717) is 28.6 Å². The Labute approximate surface area is 135 Å². The van der Waals surface area contributed by atoms with Gasteiger partial charge in [0.25, 0.3) is 0 Å². The molecular weight excluding hydrogens is 320 g/mol. The third-order valence-corrected chi connectivity index (χ3v) is 5.16. The highest BCUT2D eigenvalue weighted by Gasteiger charge is 2.34. The summed E-state index contributed by atoms with van der Waals surface area (Å²) >= 11 is 2.77. The van der Waals surface area contributed by atoms with E-state index in [0.717, 1.165) is 4.88 Å². The van der Waals surface area contributed by atoms with Crippen molar-refractivity contribution in [2.45, 2.75) is 31.8 Å². The van der Waals surface area contributed by atoms with Crippen LogP contribution in [0.5, 0.6) is 0 Å². The number of nitrogens with zero attached hydrogens (tertiary/aromatic N) is 4. The van der Waals surface area contributed by atoms with E-state index in [1.54, 1.807) is 11.6 Å². The first-order chi connectivity index (χ1) is 10.7. The lowest BCUT2D eigenvalue weighted by Crippen LogP contribution is -2.41. The van der Waals surface area contributed by atoms with Crippen LogP contribution in [0.15, 0.2) is 33.9 Å². The molecule has 0 bridgehead atoms. The fourth-order valence-electron chi connectivity index (χ4n) is 2.14. The number of allylic oxidation sites excluding steroid dienone is 1. The Morgan fingerprint density at radius 1 is 1.27 bits per heavy atom. The Bertz CT molecular complexity index is 749. The van der Waals surface area contributed by atoms with Crippen molar-refractivity contribution in [3.8, 4) is 0 Å². The molecule has 1 aliphatic rings. The van der Waals surface area contributed by atoms with Crippen molar-refractivity contribution in [3.05, 3.63) is 33.6 Å². The van der Waals surface area contributed by atoms with Crippen LogP contribution in [0.25, 0.3) is 5.70 Å². The van der Waals surface area contributed by atoms with Crippen molar-refractivity contribution >= 4 is 40.5 Å². The van der Waals surface area contributed by atoms with Gasteiger partial charge in [-0.25, -0.2) is 9.69 Å². The van der Waals surface area contributed by atoms with Crippen LogP contribution in [-0.4, -0.2) is 26.6 Å². The fourth-order valence-corrected chi connectivity index (χ4v) is 4.01. The molecule has 22 heavy (non-hydrogen) atoms. The molecule has 0 radical (unpaired) electrons. The number of Topliss-reactive ketones (excluding diaryl/α,β-unsaturated/α-hetero) is 1. The fraction of sp³-hybridized carbons (Fsp3) is 0.286. The van der Waals surface area contributed by atoms with Crippen LogP contribution in [0.1, 0.15) is 31.6 Å². The first kappa shape index (κ1) is 15.0. The quantitative estimate of drug-likeness (QED) is 0.860. The zero-order chi connectivity index (χ0) is 15.7. The number of fused-ring (bicyclic) bond motifs is 1. The van der Waals surface area contributed by atoms with Gasteiger partial charge < -0.3 is 0 Å². The van der Waals surface area contributed by atoms with E-state index in [9.17, 15) is 9.59 Å². The number of aromatic nitrogens is 3. The van der Waals surface area contributed by atoms with E-state index in [1.165, 1.54) is 34.4 Å². The normalized spacial score (nSPS) is 14.2. The number of thiophene rings is 1. The Morgan fingerprint density at radius 3 is 2.73 bits per heavy atom. The summed E-state index contributed by atoms with van der Waals surface area (Å²) in [5.74, 6) is -0.109. The van der Waals surface area contributed by atoms with E-state index in [1.807, 2.05) is 24.4 Å². The number of amides is 1. The SMILES string of the molecule is CCC(=O)C1=C(c2cccs2)N(C(=O)CC)n2cnnc2S1. The van der Waals surface area contributed by atoms with E-state index in [-0.39, 0.29) is 11.7 Å². The number of ketones is 1. The maximum atomic E-state index is 12.5. The maximum absolute atomic E-state index is 12.5. The monoisotopic (exact) mass is 334 g/mol. The lowest BCUT2D eigenvalue weighted by Gasteiger charge is -2.31.